The zero-order valence-corrected chi connectivity index (χ0v) is 14.5. The van der Waals surface area contributed by atoms with Gasteiger partial charge in [-0.25, -0.2) is 9.37 Å². The minimum absolute atomic E-state index is 0.0745. The Morgan fingerprint density at radius 3 is 2.65 bits per heavy atom. The van der Waals surface area contributed by atoms with Crippen LogP contribution in [-0.4, -0.2) is 46.9 Å². The number of hydrogen-bond acceptors (Lipinski definition) is 5. The van der Waals surface area contributed by atoms with Crippen molar-refractivity contribution in [3.05, 3.63) is 63.0 Å². The third-order valence-electron chi connectivity index (χ3n) is 4.23. The second-order valence-corrected chi connectivity index (χ2v) is 6.27. The third-order valence-corrected chi connectivity index (χ3v) is 4.54. The number of aromatic nitrogens is 1. The first kappa shape index (κ1) is 18.1. The van der Waals surface area contributed by atoms with Crippen LogP contribution in [0.5, 0.6) is 0 Å². The fourth-order valence-electron chi connectivity index (χ4n) is 2.88. The normalized spacial score (nSPS) is 14.8. The minimum atomic E-state index is -0.638. The molecule has 1 aromatic carbocycles. The van der Waals surface area contributed by atoms with Crippen LogP contribution in [0.4, 0.5) is 15.9 Å². The molecule has 9 heteroatoms. The molecule has 1 amide bonds. The van der Waals surface area contributed by atoms with E-state index in [1.54, 1.807) is 11.0 Å². The van der Waals surface area contributed by atoms with Gasteiger partial charge in [-0.1, -0.05) is 17.7 Å². The molecule has 1 aliphatic rings. The largest absolute Gasteiger partial charge is 0.355 e. The molecule has 0 aliphatic carbocycles. The third kappa shape index (κ3) is 3.75. The Kier molecular flexibility index (Phi) is 5.32. The van der Waals surface area contributed by atoms with Gasteiger partial charge in [-0.05, 0) is 24.6 Å². The van der Waals surface area contributed by atoms with Crippen LogP contribution in [0, 0.1) is 15.9 Å². The van der Waals surface area contributed by atoms with Crippen molar-refractivity contribution in [2.24, 2.45) is 0 Å². The van der Waals surface area contributed by atoms with E-state index in [1.807, 2.05) is 4.90 Å². The monoisotopic (exact) mass is 378 g/mol. The van der Waals surface area contributed by atoms with Gasteiger partial charge < -0.3 is 9.80 Å². The smallest absolute Gasteiger partial charge is 0.287 e. The maximum absolute atomic E-state index is 14.0. The number of pyridine rings is 1. The molecule has 0 N–H and O–H groups in total. The summed E-state index contributed by atoms with van der Waals surface area (Å²) in [6, 6.07) is 7.14. The second-order valence-electron chi connectivity index (χ2n) is 5.86. The van der Waals surface area contributed by atoms with Gasteiger partial charge in [0.25, 0.3) is 11.6 Å². The van der Waals surface area contributed by atoms with Gasteiger partial charge in [-0.15, -0.1) is 0 Å². The van der Waals surface area contributed by atoms with Crippen LogP contribution < -0.4 is 4.90 Å². The number of amides is 1. The van der Waals surface area contributed by atoms with Gasteiger partial charge in [0.2, 0.25) is 0 Å². The van der Waals surface area contributed by atoms with Crippen molar-refractivity contribution < 1.29 is 14.1 Å². The number of nitrogens with zero attached hydrogens (tertiary/aromatic N) is 4. The van der Waals surface area contributed by atoms with Gasteiger partial charge in [0, 0.05) is 32.2 Å². The van der Waals surface area contributed by atoms with Crippen LogP contribution in [0.15, 0.2) is 36.5 Å². The van der Waals surface area contributed by atoms with Gasteiger partial charge >= 0.3 is 0 Å². The van der Waals surface area contributed by atoms with E-state index in [9.17, 15) is 19.3 Å². The molecule has 3 rings (SSSR count). The maximum atomic E-state index is 14.0. The average Bonchev–Trinajstić information content (AvgIpc) is 2.87. The molecular formula is C17H16ClFN4O3. The van der Waals surface area contributed by atoms with Crippen LogP contribution in [0.1, 0.15) is 16.8 Å². The summed E-state index contributed by atoms with van der Waals surface area (Å²) in [6.07, 6.45) is 1.87. The lowest BCUT2D eigenvalue weighted by atomic mass is 10.1. The first-order valence-corrected chi connectivity index (χ1v) is 8.44. The first-order valence-electron chi connectivity index (χ1n) is 8.06. The molecule has 0 spiro atoms. The molecule has 1 aromatic heterocycles. The fourth-order valence-corrected chi connectivity index (χ4v) is 3.13. The SMILES string of the molecule is O=C(c1c(F)cccc1Cl)N1CCCN(c2ccc([N+](=O)[O-])cn2)CC1. The molecule has 1 saturated heterocycles. The van der Waals surface area contributed by atoms with Crippen LogP contribution >= 0.6 is 11.6 Å². The highest BCUT2D eigenvalue weighted by atomic mass is 35.5. The Morgan fingerprint density at radius 1 is 1.19 bits per heavy atom. The van der Waals surface area contributed by atoms with Gasteiger partial charge in [0.15, 0.2) is 0 Å². The summed E-state index contributed by atoms with van der Waals surface area (Å²) < 4.78 is 14.0. The summed E-state index contributed by atoms with van der Waals surface area (Å²) in [5, 5.41) is 10.8. The molecule has 26 heavy (non-hydrogen) atoms. The average molecular weight is 379 g/mol. The van der Waals surface area contributed by atoms with Crippen molar-refractivity contribution in [3.63, 3.8) is 0 Å². The highest BCUT2D eigenvalue weighted by molar-refractivity contribution is 6.33. The number of anilines is 1. The van der Waals surface area contributed by atoms with Crippen LogP contribution in [0.25, 0.3) is 0 Å². The highest BCUT2D eigenvalue weighted by Crippen LogP contribution is 2.22. The zero-order valence-electron chi connectivity index (χ0n) is 13.8. The Balaban J connectivity index is 1.72. The molecule has 136 valence electrons. The minimum Gasteiger partial charge on any atom is -0.355 e. The van der Waals surface area contributed by atoms with E-state index in [4.69, 9.17) is 11.6 Å². The summed E-state index contributed by atoms with van der Waals surface area (Å²) in [6.45, 7) is 1.97. The summed E-state index contributed by atoms with van der Waals surface area (Å²) in [7, 11) is 0. The summed E-state index contributed by atoms with van der Waals surface area (Å²) in [5.74, 6) is -0.471. The van der Waals surface area contributed by atoms with Crippen LogP contribution in [0.2, 0.25) is 5.02 Å². The molecule has 2 heterocycles. The topological polar surface area (TPSA) is 79.6 Å². The number of nitro groups is 1. The van der Waals surface area contributed by atoms with Crippen molar-refractivity contribution in [2.45, 2.75) is 6.42 Å². The number of rotatable bonds is 3. The molecule has 7 nitrogen and oxygen atoms in total. The van der Waals surface area contributed by atoms with Crippen molar-refractivity contribution in [1.29, 1.82) is 0 Å². The molecule has 0 unspecified atom stereocenters. The summed E-state index contributed by atoms with van der Waals surface area (Å²) in [4.78, 5) is 30.5. The van der Waals surface area contributed by atoms with Gasteiger partial charge in [-0.2, -0.15) is 0 Å². The first-order chi connectivity index (χ1) is 12.5. The van der Waals surface area contributed by atoms with Crippen molar-refractivity contribution in [2.75, 3.05) is 31.1 Å². The molecule has 1 aliphatic heterocycles. The van der Waals surface area contributed by atoms with Crippen LogP contribution in [0.3, 0.4) is 0 Å². The molecule has 2 aromatic rings. The summed E-state index contributed by atoms with van der Waals surface area (Å²) in [5.41, 5.74) is -0.189. The Hall–Kier alpha value is -2.74. The lowest BCUT2D eigenvalue weighted by molar-refractivity contribution is -0.385. The second kappa shape index (κ2) is 7.65. The maximum Gasteiger partial charge on any atom is 0.287 e. The van der Waals surface area contributed by atoms with E-state index in [0.717, 1.165) is 0 Å². The Bertz CT molecular complexity index is 811. The number of hydrogen-bond donors (Lipinski definition) is 0. The van der Waals surface area contributed by atoms with Crippen molar-refractivity contribution in [3.8, 4) is 0 Å². The summed E-state index contributed by atoms with van der Waals surface area (Å²) >= 11 is 5.99. The van der Waals surface area contributed by atoms with Gasteiger partial charge in [0.1, 0.15) is 17.8 Å². The standard InChI is InChI=1S/C17H16ClFN4O3/c18-13-3-1-4-14(19)16(13)17(24)22-8-2-7-21(9-10-22)15-6-5-12(11-20-15)23(25)26/h1,3-6,11H,2,7-10H2. The predicted octanol–water partition coefficient (Wildman–Crippen LogP) is 3.13. The lowest BCUT2D eigenvalue weighted by Gasteiger charge is -2.23. The molecule has 0 bridgehead atoms. The van der Waals surface area contributed by atoms with Gasteiger partial charge in [0.05, 0.1) is 15.5 Å². The molecular weight excluding hydrogens is 363 g/mol. The number of benzene rings is 1. The Morgan fingerprint density at radius 2 is 2.00 bits per heavy atom. The van der Waals surface area contributed by atoms with E-state index in [2.05, 4.69) is 4.98 Å². The van der Waals surface area contributed by atoms with E-state index >= 15 is 0 Å². The van der Waals surface area contributed by atoms with E-state index < -0.39 is 16.6 Å². The van der Waals surface area contributed by atoms with Gasteiger partial charge in [-0.3, -0.25) is 14.9 Å². The van der Waals surface area contributed by atoms with Crippen molar-refractivity contribution >= 4 is 29.0 Å². The molecule has 0 atom stereocenters. The number of carbonyl (C=O) groups is 1. The highest BCUT2D eigenvalue weighted by Gasteiger charge is 2.25. The van der Waals surface area contributed by atoms with E-state index in [1.165, 1.54) is 30.5 Å². The van der Waals surface area contributed by atoms with Crippen LogP contribution in [-0.2, 0) is 0 Å². The van der Waals surface area contributed by atoms with E-state index in [-0.39, 0.29) is 16.3 Å². The molecule has 1 fully saturated rings. The molecule has 0 radical (unpaired) electrons. The van der Waals surface area contributed by atoms with Crippen molar-refractivity contribution in [1.82, 2.24) is 9.88 Å². The lowest BCUT2D eigenvalue weighted by Crippen LogP contribution is -2.36. The number of halogens is 2. The van der Waals surface area contributed by atoms with E-state index in [0.29, 0.717) is 38.4 Å². The quantitative estimate of drug-likeness (QED) is 0.605. The molecule has 0 saturated carbocycles. The number of carbonyl (C=O) groups excluding carboxylic acids is 1. The zero-order chi connectivity index (χ0) is 18.7. The Labute approximate surface area is 154 Å². The fraction of sp³-hybridized carbons (Fsp3) is 0.294. The predicted molar refractivity (Wildman–Crippen MR) is 95.0 cm³/mol.